The van der Waals surface area contributed by atoms with Crippen LogP contribution in [-0.2, 0) is 15.8 Å². The maximum Gasteiger partial charge on any atom is 0.215 e. The number of hydrogen-bond acceptors (Lipinski definition) is 3. The Morgan fingerprint density at radius 2 is 1.72 bits per heavy atom. The van der Waals surface area contributed by atoms with Crippen molar-refractivity contribution < 1.29 is 13.2 Å². The summed E-state index contributed by atoms with van der Waals surface area (Å²) < 4.78 is 33.3. The molecule has 0 saturated heterocycles. The van der Waals surface area contributed by atoms with Crippen molar-refractivity contribution in [3.8, 4) is 5.75 Å². The Bertz CT molecular complexity index is 973. The van der Waals surface area contributed by atoms with Gasteiger partial charge in [-0.2, -0.15) is 0 Å². The molecule has 0 aliphatic carbocycles. The van der Waals surface area contributed by atoms with Gasteiger partial charge in [0.1, 0.15) is 12.4 Å². The highest BCUT2D eigenvalue weighted by Gasteiger charge is 2.11. The van der Waals surface area contributed by atoms with Gasteiger partial charge in [0.25, 0.3) is 0 Å². The van der Waals surface area contributed by atoms with Crippen molar-refractivity contribution in [2.24, 2.45) is 0 Å². The number of nitrogens with one attached hydrogen (secondary N) is 1. The van der Waals surface area contributed by atoms with E-state index in [2.05, 4.69) is 20.7 Å². The van der Waals surface area contributed by atoms with Crippen molar-refractivity contribution in [3.63, 3.8) is 0 Å². The Kier molecular flexibility index (Phi) is 5.73. The number of fused-ring (bicyclic) bond motifs is 1. The van der Waals surface area contributed by atoms with E-state index < -0.39 is 10.0 Å². The number of halogens is 1. The third kappa shape index (κ3) is 5.29. The molecule has 0 aliphatic heterocycles. The summed E-state index contributed by atoms with van der Waals surface area (Å²) in [6.07, 6.45) is 0. The molecule has 0 heterocycles. The summed E-state index contributed by atoms with van der Waals surface area (Å²) in [4.78, 5) is 0. The number of ether oxygens (including phenoxy) is 1. The molecular formula is C19H18BrNO3S. The van der Waals surface area contributed by atoms with Gasteiger partial charge in [0.2, 0.25) is 10.0 Å². The first kappa shape index (κ1) is 17.9. The third-order valence-electron chi connectivity index (χ3n) is 3.66. The third-order valence-corrected chi connectivity index (χ3v) is 5.51. The maximum absolute atomic E-state index is 12.1. The molecule has 1 N–H and O–H groups in total. The molecule has 3 aromatic rings. The fraction of sp³-hybridized carbons (Fsp3) is 0.158. The molecule has 0 radical (unpaired) electrons. The summed E-state index contributed by atoms with van der Waals surface area (Å²) in [5.74, 6) is 0.674. The van der Waals surface area contributed by atoms with Crippen LogP contribution in [0.5, 0.6) is 5.75 Å². The Morgan fingerprint density at radius 1 is 0.920 bits per heavy atom. The van der Waals surface area contributed by atoms with Crippen molar-refractivity contribution in [1.29, 1.82) is 0 Å². The minimum Gasteiger partial charge on any atom is -0.492 e. The van der Waals surface area contributed by atoms with E-state index in [1.54, 1.807) is 12.1 Å². The Labute approximate surface area is 156 Å². The molecule has 130 valence electrons. The monoisotopic (exact) mass is 419 g/mol. The number of rotatable bonds is 7. The highest BCUT2D eigenvalue weighted by Crippen LogP contribution is 2.20. The summed E-state index contributed by atoms with van der Waals surface area (Å²) in [5, 5.41) is 2.24. The summed E-state index contributed by atoms with van der Waals surface area (Å²) >= 11 is 3.34. The molecule has 0 atom stereocenters. The lowest BCUT2D eigenvalue weighted by molar-refractivity contribution is 0.323. The Hall–Kier alpha value is -1.89. The molecule has 0 aliphatic rings. The average Bonchev–Trinajstić information content (AvgIpc) is 2.58. The van der Waals surface area contributed by atoms with Crippen molar-refractivity contribution in [2.45, 2.75) is 5.75 Å². The van der Waals surface area contributed by atoms with Crippen LogP contribution in [0.3, 0.4) is 0 Å². The van der Waals surface area contributed by atoms with Crippen LogP contribution >= 0.6 is 15.9 Å². The minimum atomic E-state index is -3.39. The summed E-state index contributed by atoms with van der Waals surface area (Å²) in [5.41, 5.74) is 0.734. The lowest BCUT2D eigenvalue weighted by Gasteiger charge is -2.09. The van der Waals surface area contributed by atoms with Crippen LogP contribution in [0.15, 0.2) is 71.2 Å². The summed E-state index contributed by atoms with van der Waals surface area (Å²) in [6, 6.07) is 21.1. The van der Waals surface area contributed by atoms with E-state index in [0.717, 1.165) is 26.6 Å². The first-order valence-corrected chi connectivity index (χ1v) is 10.3. The van der Waals surface area contributed by atoms with E-state index in [1.807, 2.05) is 54.6 Å². The van der Waals surface area contributed by atoms with Crippen molar-refractivity contribution in [1.82, 2.24) is 4.72 Å². The van der Waals surface area contributed by atoms with Crippen molar-refractivity contribution >= 4 is 36.7 Å². The van der Waals surface area contributed by atoms with Gasteiger partial charge in [-0.1, -0.05) is 58.4 Å². The van der Waals surface area contributed by atoms with Crippen LogP contribution in [0.1, 0.15) is 5.56 Å². The van der Waals surface area contributed by atoms with Crippen LogP contribution in [0.25, 0.3) is 10.8 Å². The number of benzene rings is 3. The van der Waals surface area contributed by atoms with Gasteiger partial charge in [0.15, 0.2) is 0 Å². The van der Waals surface area contributed by atoms with E-state index in [1.165, 1.54) is 0 Å². The van der Waals surface area contributed by atoms with Crippen LogP contribution in [0.4, 0.5) is 0 Å². The Balaban J connectivity index is 1.51. The average molecular weight is 420 g/mol. The molecule has 0 amide bonds. The largest absolute Gasteiger partial charge is 0.492 e. The van der Waals surface area contributed by atoms with Gasteiger partial charge >= 0.3 is 0 Å². The SMILES string of the molecule is O=S(=O)(Cc1cccc(Br)c1)NCCOc1ccc2ccccc2c1. The molecule has 0 fully saturated rings. The van der Waals surface area contributed by atoms with Gasteiger partial charge in [0, 0.05) is 11.0 Å². The molecule has 25 heavy (non-hydrogen) atoms. The minimum absolute atomic E-state index is 0.0532. The van der Waals surface area contributed by atoms with Gasteiger partial charge in [0.05, 0.1) is 5.75 Å². The molecule has 4 nitrogen and oxygen atoms in total. The first-order chi connectivity index (χ1) is 12.0. The van der Waals surface area contributed by atoms with Gasteiger partial charge < -0.3 is 4.74 Å². The lowest BCUT2D eigenvalue weighted by Crippen LogP contribution is -2.29. The maximum atomic E-state index is 12.1. The second kappa shape index (κ2) is 7.99. The van der Waals surface area contributed by atoms with Gasteiger partial charge in [-0.25, -0.2) is 13.1 Å². The molecular weight excluding hydrogens is 402 g/mol. The molecule has 0 saturated carbocycles. The quantitative estimate of drug-likeness (QED) is 0.586. The summed E-state index contributed by atoms with van der Waals surface area (Å²) in [6.45, 7) is 0.499. The van der Waals surface area contributed by atoms with E-state index in [0.29, 0.717) is 0 Å². The molecule has 0 aromatic heterocycles. The van der Waals surface area contributed by atoms with E-state index in [9.17, 15) is 8.42 Å². The number of sulfonamides is 1. The van der Waals surface area contributed by atoms with Gasteiger partial charge in [-0.3, -0.25) is 0 Å². The van der Waals surface area contributed by atoms with Crippen molar-refractivity contribution in [3.05, 3.63) is 76.8 Å². The number of hydrogen-bond donors (Lipinski definition) is 1. The molecule has 0 bridgehead atoms. The van der Waals surface area contributed by atoms with Crippen LogP contribution < -0.4 is 9.46 Å². The zero-order valence-electron chi connectivity index (χ0n) is 13.5. The van der Waals surface area contributed by atoms with E-state index in [4.69, 9.17) is 4.74 Å². The zero-order chi connectivity index (χ0) is 17.7. The Morgan fingerprint density at radius 3 is 2.52 bits per heavy atom. The van der Waals surface area contributed by atoms with Gasteiger partial charge in [-0.05, 0) is 40.6 Å². The first-order valence-electron chi connectivity index (χ1n) is 7.85. The second-order valence-corrected chi connectivity index (χ2v) is 8.36. The highest BCUT2D eigenvalue weighted by molar-refractivity contribution is 9.10. The topological polar surface area (TPSA) is 55.4 Å². The van der Waals surface area contributed by atoms with Crippen molar-refractivity contribution in [2.75, 3.05) is 13.2 Å². The second-order valence-electron chi connectivity index (χ2n) is 5.64. The van der Waals surface area contributed by atoms with E-state index >= 15 is 0 Å². The highest BCUT2D eigenvalue weighted by atomic mass is 79.9. The lowest BCUT2D eigenvalue weighted by atomic mass is 10.1. The normalized spacial score (nSPS) is 11.6. The molecule has 0 unspecified atom stereocenters. The zero-order valence-corrected chi connectivity index (χ0v) is 15.9. The smallest absolute Gasteiger partial charge is 0.215 e. The van der Waals surface area contributed by atoms with Gasteiger partial charge in [-0.15, -0.1) is 0 Å². The molecule has 6 heteroatoms. The van der Waals surface area contributed by atoms with E-state index in [-0.39, 0.29) is 18.9 Å². The molecule has 3 aromatic carbocycles. The molecule has 0 spiro atoms. The predicted molar refractivity (Wildman–Crippen MR) is 104 cm³/mol. The fourth-order valence-electron chi connectivity index (χ4n) is 2.52. The molecule has 3 rings (SSSR count). The summed E-state index contributed by atoms with van der Waals surface area (Å²) in [7, 11) is -3.39. The van der Waals surface area contributed by atoms with Crippen LogP contribution in [0.2, 0.25) is 0 Å². The predicted octanol–water partition coefficient (Wildman–Crippen LogP) is 4.10. The van der Waals surface area contributed by atoms with Crippen LogP contribution in [0, 0.1) is 0 Å². The van der Waals surface area contributed by atoms with Crippen LogP contribution in [-0.4, -0.2) is 21.6 Å². The fourth-order valence-corrected chi connectivity index (χ4v) is 4.08. The standard InChI is InChI=1S/C19H18BrNO3S/c20-18-7-3-4-15(12-18)14-25(22,23)21-10-11-24-19-9-8-16-5-1-2-6-17(16)13-19/h1-9,12-13,21H,10-11,14H2.